The summed E-state index contributed by atoms with van der Waals surface area (Å²) in [7, 11) is 0. The highest BCUT2D eigenvalue weighted by atomic mass is 16.7. The summed E-state index contributed by atoms with van der Waals surface area (Å²) in [6.07, 6.45) is 0.492. The minimum Gasteiger partial charge on any atom is -0.487 e. The maximum atomic E-state index is 13.9. The summed E-state index contributed by atoms with van der Waals surface area (Å²) in [4.78, 5) is 65.0. The lowest BCUT2D eigenvalue weighted by atomic mass is 9.82. The number of hydrogen-bond acceptors (Lipinski definition) is 9. The number of nitrogens with zero attached hydrogens (tertiary/aromatic N) is 2. The Hall–Kier alpha value is -5.87. The number of fused-ring (bicyclic) bond motifs is 1. The topological polar surface area (TPSA) is 121 Å². The van der Waals surface area contributed by atoms with Crippen LogP contribution in [0.4, 0.5) is 0 Å². The van der Waals surface area contributed by atoms with Crippen molar-refractivity contribution < 1.29 is 38.2 Å². The van der Waals surface area contributed by atoms with E-state index in [9.17, 15) is 19.2 Å². The largest absolute Gasteiger partial charge is 0.487 e. The number of carbonyl (C=O) groups excluding carboxylic acids is 4. The number of benzene rings is 4. The van der Waals surface area contributed by atoms with Crippen LogP contribution in [0.1, 0.15) is 70.2 Å². The van der Waals surface area contributed by atoms with Gasteiger partial charge in [-0.3, -0.25) is 14.4 Å². The summed E-state index contributed by atoms with van der Waals surface area (Å²) in [6.45, 7) is 0.274. The first-order valence-electron chi connectivity index (χ1n) is 17.1. The van der Waals surface area contributed by atoms with Crippen LogP contribution >= 0.6 is 0 Å². The van der Waals surface area contributed by atoms with Gasteiger partial charge in [0, 0.05) is 5.39 Å². The second kappa shape index (κ2) is 15.3. The summed E-state index contributed by atoms with van der Waals surface area (Å²) >= 11 is 0. The van der Waals surface area contributed by atoms with E-state index in [0.717, 1.165) is 54.3 Å². The number of rotatable bonds is 11. The fraction of sp³-hybridized carbons (Fsp3) is 0.244. The van der Waals surface area contributed by atoms with Gasteiger partial charge in [0.25, 0.3) is 11.8 Å². The third-order valence-corrected chi connectivity index (χ3v) is 9.20. The molecule has 1 aliphatic carbocycles. The lowest BCUT2D eigenvalue weighted by molar-refractivity contribution is -0.215. The van der Waals surface area contributed by atoms with E-state index in [1.165, 1.54) is 24.3 Å². The SMILES string of the molecule is O=C(OC1C(=O)N(O[C@@H](c2ccc(OCc3ccc4ccccc4n3)cc2)C2CCCCC2)C(=O)C1OC(=O)c1ccccc1)c1ccccc1. The molecule has 10 nitrogen and oxygen atoms in total. The molecular formula is C41H36N2O8. The first-order valence-corrected chi connectivity index (χ1v) is 17.1. The molecular weight excluding hydrogens is 648 g/mol. The maximum absolute atomic E-state index is 13.9. The molecule has 4 aromatic carbocycles. The average molecular weight is 685 g/mol. The van der Waals surface area contributed by atoms with Crippen molar-refractivity contribution in [3.8, 4) is 5.75 Å². The van der Waals surface area contributed by atoms with Crippen LogP contribution in [0.3, 0.4) is 0 Å². The van der Waals surface area contributed by atoms with Gasteiger partial charge in [-0.2, -0.15) is 0 Å². The molecule has 2 unspecified atom stereocenters. The fourth-order valence-corrected chi connectivity index (χ4v) is 6.51. The maximum Gasteiger partial charge on any atom is 0.339 e. The minimum absolute atomic E-state index is 0.0100. The number of aromatic nitrogens is 1. The molecule has 2 heterocycles. The van der Waals surface area contributed by atoms with Gasteiger partial charge in [0.2, 0.25) is 12.2 Å². The predicted molar refractivity (Wildman–Crippen MR) is 186 cm³/mol. The molecule has 0 radical (unpaired) electrons. The third-order valence-electron chi connectivity index (χ3n) is 9.20. The van der Waals surface area contributed by atoms with Gasteiger partial charge in [0.05, 0.1) is 22.3 Å². The van der Waals surface area contributed by atoms with Crippen molar-refractivity contribution in [2.24, 2.45) is 5.92 Å². The molecule has 3 atom stereocenters. The van der Waals surface area contributed by atoms with E-state index in [2.05, 4.69) is 4.98 Å². The predicted octanol–water partition coefficient (Wildman–Crippen LogP) is 7.19. The van der Waals surface area contributed by atoms with Gasteiger partial charge in [0.15, 0.2) is 0 Å². The Balaban J connectivity index is 1.11. The number of para-hydroxylation sites is 1. The van der Waals surface area contributed by atoms with Crippen molar-refractivity contribution in [3.63, 3.8) is 0 Å². The zero-order valence-corrected chi connectivity index (χ0v) is 27.8. The third kappa shape index (κ3) is 7.66. The zero-order valence-electron chi connectivity index (χ0n) is 27.8. The fourth-order valence-electron chi connectivity index (χ4n) is 6.51. The molecule has 2 aliphatic rings. The van der Waals surface area contributed by atoms with Crippen LogP contribution in [0.15, 0.2) is 121 Å². The Labute approximate surface area is 294 Å². The quantitative estimate of drug-likeness (QED) is 0.105. The molecule has 1 saturated carbocycles. The molecule has 7 rings (SSSR count). The van der Waals surface area contributed by atoms with E-state index >= 15 is 0 Å². The molecule has 2 amide bonds. The Morgan fingerprint density at radius 1 is 0.667 bits per heavy atom. The van der Waals surface area contributed by atoms with Crippen LogP contribution in [0.25, 0.3) is 10.9 Å². The van der Waals surface area contributed by atoms with E-state index in [0.29, 0.717) is 10.8 Å². The van der Waals surface area contributed by atoms with Crippen molar-refractivity contribution >= 4 is 34.7 Å². The van der Waals surface area contributed by atoms with E-state index in [1.807, 2.05) is 60.7 Å². The van der Waals surface area contributed by atoms with E-state index in [4.69, 9.17) is 19.0 Å². The molecule has 1 aromatic heterocycles. The standard InChI is InChI=1S/C41H36N2O8/c44-38-36(49-40(46)30-15-6-2-7-16-30)37(50-41(47)31-17-8-3-9-18-31)39(45)43(38)51-35(28-13-4-1-5-14-28)29-21-24-33(25-22-29)48-26-32-23-20-27-12-10-11-19-34(27)42-32/h2-3,6-12,15-25,28,35-37H,1,4-5,13-14,26H2/t35-,36?,37?/m1/s1. The number of imide groups is 1. The molecule has 0 spiro atoms. The lowest BCUT2D eigenvalue weighted by Crippen LogP contribution is -2.37. The number of hydroxylamine groups is 2. The van der Waals surface area contributed by atoms with E-state index < -0.39 is 42.1 Å². The summed E-state index contributed by atoms with van der Waals surface area (Å²) in [5.41, 5.74) is 2.76. The first-order chi connectivity index (χ1) is 24.9. The van der Waals surface area contributed by atoms with Crippen LogP contribution in [0.5, 0.6) is 5.75 Å². The van der Waals surface area contributed by atoms with E-state index in [-0.39, 0.29) is 23.7 Å². The minimum atomic E-state index is -1.75. The molecule has 51 heavy (non-hydrogen) atoms. The van der Waals surface area contributed by atoms with Crippen LogP contribution in [-0.4, -0.2) is 46.0 Å². The number of pyridine rings is 1. The van der Waals surface area contributed by atoms with Crippen LogP contribution < -0.4 is 4.74 Å². The van der Waals surface area contributed by atoms with E-state index in [1.54, 1.807) is 36.4 Å². The van der Waals surface area contributed by atoms with Crippen LogP contribution in [0.2, 0.25) is 0 Å². The Morgan fingerprint density at radius 3 is 1.84 bits per heavy atom. The van der Waals surface area contributed by atoms with Gasteiger partial charge in [-0.25, -0.2) is 14.6 Å². The van der Waals surface area contributed by atoms with Gasteiger partial charge in [-0.05, 0) is 72.9 Å². The number of esters is 2. The van der Waals surface area contributed by atoms with Gasteiger partial charge in [-0.15, -0.1) is 5.06 Å². The smallest absolute Gasteiger partial charge is 0.339 e. The van der Waals surface area contributed by atoms with Crippen molar-refractivity contribution in [1.82, 2.24) is 10.0 Å². The Morgan fingerprint density at radius 2 is 1.24 bits per heavy atom. The highest BCUT2D eigenvalue weighted by Crippen LogP contribution is 2.39. The van der Waals surface area contributed by atoms with Gasteiger partial charge in [-0.1, -0.05) is 92.1 Å². The second-order valence-electron chi connectivity index (χ2n) is 12.6. The van der Waals surface area contributed by atoms with Gasteiger partial charge >= 0.3 is 11.9 Å². The molecule has 1 saturated heterocycles. The molecule has 258 valence electrons. The average Bonchev–Trinajstić information content (AvgIpc) is 3.40. The zero-order chi connectivity index (χ0) is 35.2. The van der Waals surface area contributed by atoms with Crippen LogP contribution in [-0.2, 0) is 30.5 Å². The molecule has 10 heteroatoms. The number of carbonyl (C=O) groups is 4. The normalized spacial score (nSPS) is 18.4. The van der Waals surface area contributed by atoms with Crippen molar-refractivity contribution in [1.29, 1.82) is 0 Å². The number of amides is 2. The number of hydrogen-bond donors (Lipinski definition) is 0. The molecule has 2 fully saturated rings. The molecule has 5 aromatic rings. The molecule has 0 bridgehead atoms. The summed E-state index contributed by atoms with van der Waals surface area (Å²) in [5, 5.41) is 1.66. The number of ether oxygens (including phenoxy) is 3. The summed E-state index contributed by atoms with van der Waals surface area (Å²) < 4.78 is 17.2. The molecule has 0 N–H and O–H groups in total. The van der Waals surface area contributed by atoms with Gasteiger partial charge in [0.1, 0.15) is 18.5 Å². The monoisotopic (exact) mass is 684 g/mol. The van der Waals surface area contributed by atoms with Gasteiger partial charge < -0.3 is 14.2 Å². The molecule has 1 aliphatic heterocycles. The Bertz CT molecular complexity index is 1940. The van der Waals surface area contributed by atoms with Crippen molar-refractivity contribution in [2.45, 2.75) is 57.0 Å². The van der Waals surface area contributed by atoms with Crippen LogP contribution in [0, 0.1) is 5.92 Å². The summed E-state index contributed by atoms with van der Waals surface area (Å²) in [5.74, 6) is -2.95. The Kier molecular flexibility index (Phi) is 10.1. The first kappa shape index (κ1) is 33.6. The van der Waals surface area contributed by atoms with Crippen molar-refractivity contribution in [3.05, 3.63) is 144 Å². The summed E-state index contributed by atoms with van der Waals surface area (Å²) in [6, 6.07) is 35.3. The van der Waals surface area contributed by atoms with Crippen molar-refractivity contribution in [2.75, 3.05) is 0 Å². The highest BCUT2D eigenvalue weighted by Gasteiger charge is 2.55. The lowest BCUT2D eigenvalue weighted by Gasteiger charge is -2.32. The second-order valence-corrected chi connectivity index (χ2v) is 12.6. The highest BCUT2D eigenvalue weighted by molar-refractivity contribution is 6.09.